The molecule has 0 aliphatic heterocycles. The van der Waals surface area contributed by atoms with E-state index in [1.54, 1.807) is 6.92 Å². The third-order valence-corrected chi connectivity index (χ3v) is 1.46. The molecule has 1 aromatic rings. The van der Waals surface area contributed by atoms with E-state index in [2.05, 4.69) is 9.97 Å². The predicted molar refractivity (Wildman–Crippen MR) is 43.9 cm³/mol. The molecule has 1 rings (SSSR count). The fourth-order valence-electron chi connectivity index (χ4n) is 0.855. The molecular formula is C8H12N2O2. The Morgan fingerprint density at radius 1 is 1.67 bits per heavy atom. The number of carbonyl (C=O) groups excluding carboxylic acids is 1. The van der Waals surface area contributed by atoms with Gasteiger partial charge >= 0.3 is 5.97 Å². The number of rotatable bonds is 3. The minimum Gasteiger partial charge on any atom is -0.461 e. The molecule has 66 valence electrons. The summed E-state index contributed by atoms with van der Waals surface area (Å²) in [6.07, 6.45) is 2.29. The van der Waals surface area contributed by atoms with Gasteiger partial charge in [-0.15, -0.1) is 0 Å². The van der Waals surface area contributed by atoms with Gasteiger partial charge in [0, 0.05) is 6.42 Å². The Hall–Kier alpha value is -1.32. The maximum Gasteiger partial charge on any atom is 0.356 e. The average Bonchev–Trinajstić information content (AvgIpc) is 2.52. The quantitative estimate of drug-likeness (QED) is 0.689. The molecule has 0 amide bonds. The molecule has 0 atom stereocenters. The van der Waals surface area contributed by atoms with Gasteiger partial charge in [-0.3, -0.25) is 0 Å². The molecule has 0 bridgehead atoms. The minimum absolute atomic E-state index is 0.343. The first-order valence-corrected chi connectivity index (χ1v) is 3.99. The first-order valence-electron chi connectivity index (χ1n) is 3.99. The summed E-state index contributed by atoms with van der Waals surface area (Å²) in [7, 11) is 0. The van der Waals surface area contributed by atoms with Crippen molar-refractivity contribution >= 4 is 5.97 Å². The number of aromatic nitrogens is 2. The number of aromatic amines is 1. The monoisotopic (exact) mass is 168 g/mol. The van der Waals surface area contributed by atoms with Gasteiger partial charge in [0.15, 0.2) is 0 Å². The Kier molecular flexibility index (Phi) is 2.85. The van der Waals surface area contributed by atoms with Crippen molar-refractivity contribution in [1.29, 1.82) is 0 Å². The zero-order valence-corrected chi connectivity index (χ0v) is 7.26. The third-order valence-electron chi connectivity index (χ3n) is 1.46. The molecule has 0 aliphatic rings. The second-order valence-corrected chi connectivity index (χ2v) is 2.32. The summed E-state index contributed by atoms with van der Waals surface area (Å²) in [4.78, 5) is 17.9. The van der Waals surface area contributed by atoms with Gasteiger partial charge in [0.25, 0.3) is 0 Å². The highest BCUT2D eigenvalue weighted by Gasteiger charge is 2.08. The van der Waals surface area contributed by atoms with Gasteiger partial charge in [0.05, 0.1) is 12.8 Å². The van der Waals surface area contributed by atoms with Crippen LogP contribution in [-0.4, -0.2) is 22.5 Å². The van der Waals surface area contributed by atoms with Crippen molar-refractivity contribution in [2.24, 2.45) is 0 Å². The van der Waals surface area contributed by atoms with Crippen molar-refractivity contribution in [1.82, 2.24) is 9.97 Å². The van der Waals surface area contributed by atoms with E-state index in [4.69, 9.17) is 4.74 Å². The van der Waals surface area contributed by atoms with E-state index in [0.717, 1.165) is 12.2 Å². The number of carbonyl (C=O) groups is 1. The third kappa shape index (κ3) is 1.84. The van der Waals surface area contributed by atoms with E-state index in [0.29, 0.717) is 12.3 Å². The maximum absolute atomic E-state index is 11.1. The van der Waals surface area contributed by atoms with Gasteiger partial charge < -0.3 is 9.72 Å². The molecular weight excluding hydrogens is 156 g/mol. The van der Waals surface area contributed by atoms with Gasteiger partial charge in [-0.2, -0.15) is 0 Å². The Bertz CT molecular complexity index is 268. The zero-order chi connectivity index (χ0) is 8.97. The van der Waals surface area contributed by atoms with Crippen LogP contribution in [0.2, 0.25) is 0 Å². The average molecular weight is 168 g/mol. The van der Waals surface area contributed by atoms with Crippen LogP contribution in [0.5, 0.6) is 0 Å². The van der Waals surface area contributed by atoms with E-state index >= 15 is 0 Å². The van der Waals surface area contributed by atoms with E-state index in [9.17, 15) is 4.79 Å². The SMILES string of the molecule is CCOC(=O)c1cnc(CC)[nH]1. The lowest BCUT2D eigenvalue weighted by molar-refractivity contribution is 0.0520. The van der Waals surface area contributed by atoms with Crippen molar-refractivity contribution in [3.05, 3.63) is 17.7 Å². The molecule has 0 radical (unpaired) electrons. The number of aryl methyl sites for hydroxylation is 1. The molecule has 0 saturated heterocycles. The topological polar surface area (TPSA) is 55.0 Å². The first kappa shape index (κ1) is 8.77. The summed E-state index contributed by atoms with van der Waals surface area (Å²) in [5, 5.41) is 0. The number of ether oxygens (including phenoxy) is 1. The molecule has 0 aromatic carbocycles. The van der Waals surface area contributed by atoms with Gasteiger partial charge in [0.2, 0.25) is 0 Å². The molecule has 1 aromatic heterocycles. The van der Waals surface area contributed by atoms with Gasteiger partial charge in [-0.1, -0.05) is 6.92 Å². The first-order chi connectivity index (χ1) is 5.77. The number of hydrogen-bond donors (Lipinski definition) is 1. The summed E-state index contributed by atoms with van der Waals surface area (Å²) in [5.74, 6) is 0.461. The summed E-state index contributed by atoms with van der Waals surface area (Å²) < 4.78 is 4.78. The fraction of sp³-hybridized carbons (Fsp3) is 0.500. The Balaban J connectivity index is 2.68. The van der Waals surface area contributed by atoms with E-state index in [1.165, 1.54) is 6.20 Å². The highest BCUT2D eigenvalue weighted by atomic mass is 16.5. The van der Waals surface area contributed by atoms with Crippen molar-refractivity contribution in [2.45, 2.75) is 20.3 Å². The number of H-pyrrole nitrogens is 1. The second kappa shape index (κ2) is 3.90. The van der Waals surface area contributed by atoms with Crippen molar-refractivity contribution in [3.8, 4) is 0 Å². The normalized spacial score (nSPS) is 9.83. The molecule has 4 heteroatoms. The lowest BCUT2D eigenvalue weighted by atomic mass is 10.5. The molecule has 4 nitrogen and oxygen atoms in total. The van der Waals surface area contributed by atoms with Crippen LogP contribution < -0.4 is 0 Å². The molecule has 0 unspecified atom stereocenters. The van der Waals surface area contributed by atoms with E-state index in [-0.39, 0.29) is 5.97 Å². The maximum atomic E-state index is 11.1. The minimum atomic E-state index is -0.343. The number of nitrogens with zero attached hydrogens (tertiary/aromatic N) is 1. The van der Waals surface area contributed by atoms with Crippen molar-refractivity contribution < 1.29 is 9.53 Å². The van der Waals surface area contributed by atoms with Crippen LogP contribution in [-0.2, 0) is 11.2 Å². The summed E-state index contributed by atoms with van der Waals surface area (Å²) in [5.41, 5.74) is 0.425. The highest BCUT2D eigenvalue weighted by Crippen LogP contribution is 1.99. The number of hydrogen-bond acceptors (Lipinski definition) is 3. The molecule has 0 spiro atoms. The molecule has 0 fully saturated rings. The van der Waals surface area contributed by atoms with Crippen LogP contribution in [0.15, 0.2) is 6.20 Å². The van der Waals surface area contributed by atoms with E-state index in [1.807, 2.05) is 6.92 Å². The summed E-state index contributed by atoms with van der Waals surface area (Å²) >= 11 is 0. The molecule has 12 heavy (non-hydrogen) atoms. The smallest absolute Gasteiger partial charge is 0.356 e. The zero-order valence-electron chi connectivity index (χ0n) is 7.26. The lowest BCUT2D eigenvalue weighted by Gasteiger charge is -1.96. The summed E-state index contributed by atoms with van der Waals surface area (Å²) in [6.45, 7) is 4.13. The molecule has 1 heterocycles. The highest BCUT2D eigenvalue weighted by molar-refractivity contribution is 5.86. The number of imidazole rings is 1. The van der Waals surface area contributed by atoms with Crippen LogP contribution >= 0.6 is 0 Å². The van der Waals surface area contributed by atoms with Crippen LogP contribution in [0.25, 0.3) is 0 Å². The van der Waals surface area contributed by atoms with Crippen molar-refractivity contribution in [2.75, 3.05) is 6.61 Å². The second-order valence-electron chi connectivity index (χ2n) is 2.32. The van der Waals surface area contributed by atoms with E-state index < -0.39 is 0 Å². The van der Waals surface area contributed by atoms with Crippen LogP contribution in [0.4, 0.5) is 0 Å². The van der Waals surface area contributed by atoms with Crippen LogP contribution in [0.3, 0.4) is 0 Å². The standard InChI is InChI=1S/C8H12N2O2/c1-3-7-9-5-6(10-7)8(11)12-4-2/h5H,3-4H2,1-2H3,(H,9,10). The van der Waals surface area contributed by atoms with Crippen LogP contribution in [0.1, 0.15) is 30.2 Å². The van der Waals surface area contributed by atoms with Gasteiger partial charge in [-0.25, -0.2) is 9.78 Å². The molecule has 0 aliphatic carbocycles. The number of esters is 1. The number of nitrogens with one attached hydrogen (secondary N) is 1. The Morgan fingerprint density at radius 3 is 2.92 bits per heavy atom. The predicted octanol–water partition coefficient (Wildman–Crippen LogP) is 1.15. The molecule has 0 saturated carbocycles. The summed E-state index contributed by atoms with van der Waals surface area (Å²) in [6, 6.07) is 0. The largest absolute Gasteiger partial charge is 0.461 e. The Morgan fingerprint density at radius 2 is 2.42 bits per heavy atom. The molecule has 1 N–H and O–H groups in total. The van der Waals surface area contributed by atoms with Crippen LogP contribution in [0, 0.1) is 0 Å². The van der Waals surface area contributed by atoms with Gasteiger partial charge in [-0.05, 0) is 6.92 Å². The lowest BCUT2D eigenvalue weighted by Crippen LogP contribution is -2.04. The fourth-order valence-corrected chi connectivity index (χ4v) is 0.855. The van der Waals surface area contributed by atoms with Crippen molar-refractivity contribution in [3.63, 3.8) is 0 Å². The Labute approximate surface area is 71.0 Å². The van der Waals surface area contributed by atoms with Gasteiger partial charge in [0.1, 0.15) is 11.5 Å².